The zero-order valence-corrected chi connectivity index (χ0v) is 17.9. The number of fused-ring (bicyclic) bond motifs is 7. The number of pyridine rings is 2. The molecular formula is C28H17N3S. The molecule has 0 N–H and O–H groups in total. The quantitative estimate of drug-likeness (QED) is 0.284. The minimum atomic E-state index is 1.04. The fourth-order valence-corrected chi connectivity index (χ4v) is 5.85. The van der Waals surface area contributed by atoms with Gasteiger partial charge in [-0.2, -0.15) is 0 Å². The zero-order chi connectivity index (χ0) is 21.1. The Labute approximate surface area is 188 Å². The van der Waals surface area contributed by atoms with Crippen LogP contribution in [0.25, 0.3) is 58.9 Å². The molecule has 0 amide bonds. The van der Waals surface area contributed by atoms with Gasteiger partial charge in [-0.05, 0) is 65.7 Å². The predicted molar refractivity (Wildman–Crippen MR) is 135 cm³/mol. The largest absolute Gasteiger partial charge is 0.307 e. The molecule has 4 heteroatoms. The molecule has 3 aromatic carbocycles. The number of thiophene rings is 1. The Bertz CT molecular complexity index is 1760. The summed E-state index contributed by atoms with van der Waals surface area (Å²) in [6, 6.07) is 30.2. The van der Waals surface area contributed by atoms with Gasteiger partial charge >= 0.3 is 0 Å². The van der Waals surface area contributed by atoms with Crippen LogP contribution in [0.2, 0.25) is 0 Å². The topological polar surface area (TPSA) is 30.7 Å². The smallest absolute Gasteiger partial charge is 0.0963 e. The monoisotopic (exact) mass is 427 g/mol. The van der Waals surface area contributed by atoms with E-state index in [-0.39, 0.29) is 0 Å². The summed E-state index contributed by atoms with van der Waals surface area (Å²) in [5.74, 6) is 0. The van der Waals surface area contributed by atoms with Gasteiger partial charge < -0.3 is 4.57 Å². The molecule has 0 atom stereocenters. The van der Waals surface area contributed by atoms with Crippen molar-refractivity contribution in [1.82, 2.24) is 14.5 Å². The minimum absolute atomic E-state index is 1.04. The van der Waals surface area contributed by atoms with Crippen molar-refractivity contribution >= 4 is 53.4 Å². The molecule has 0 bridgehead atoms. The summed E-state index contributed by atoms with van der Waals surface area (Å²) in [5, 5.41) is 3.80. The van der Waals surface area contributed by atoms with Crippen LogP contribution < -0.4 is 0 Å². The lowest BCUT2D eigenvalue weighted by atomic mass is 10.1. The second-order valence-corrected chi connectivity index (χ2v) is 9.01. The van der Waals surface area contributed by atoms with Crippen molar-refractivity contribution in [3.63, 3.8) is 0 Å². The molecule has 3 nitrogen and oxygen atoms in total. The number of aromatic nitrogens is 3. The molecule has 32 heavy (non-hydrogen) atoms. The average Bonchev–Trinajstić information content (AvgIpc) is 3.40. The van der Waals surface area contributed by atoms with Crippen molar-refractivity contribution in [2.45, 2.75) is 0 Å². The van der Waals surface area contributed by atoms with E-state index in [1.165, 1.54) is 42.2 Å². The first-order valence-corrected chi connectivity index (χ1v) is 11.4. The van der Waals surface area contributed by atoms with Gasteiger partial charge in [0.15, 0.2) is 0 Å². The van der Waals surface area contributed by atoms with Gasteiger partial charge in [-0.15, -0.1) is 11.3 Å². The number of benzene rings is 3. The molecule has 0 aliphatic carbocycles. The molecule has 0 aliphatic rings. The third kappa shape index (κ3) is 2.47. The highest BCUT2D eigenvalue weighted by Gasteiger charge is 2.18. The normalized spacial score (nSPS) is 11.8. The second-order valence-electron chi connectivity index (χ2n) is 7.92. The third-order valence-corrected chi connectivity index (χ3v) is 7.30. The van der Waals surface area contributed by atoms with E-state index in [4.69, 9.17) is 4.98 Å². The molecule has 0 saturated carbocycles. The maximum absolute atomic E-state index is 4.77. The van der Waals surface area contributed by atoms with E-state index in [0.717, 1.165) is 16.7 Å². The second kappa shape index (κ2) is 6.74. The van der Waals surface area contributed by atoms with E-state index in [1.54, 1.807) is 0 Å². The van der Waals surface area contributed by atoms with Crippen molar-refractivity contribution in [3.05, 3.63) is 104 Å². The number of nitrogens with zero attached hydrogens (tertiary/aromatic N) is 3. The van der Waals surface area contributed by atoms with Crippen LogP contribution in [0.4, 0.5) is 0 Å². The van der Waals surface area contributed by atoms with Crippen LogP contribution in [0.5, 0.6) is 0 Å². The van der Waals surface area contributed by atoms with E-state index < -0.39 is 0 Å². The third-order valence-electron chi connectivity index (χ3n) is 6.16. The molecule has 0 saturated heterocycles. The van der Waals surface area contributed by atoms with E-state index in [2.05, 4.69) is 76.3 Å². The lowest BCUT2D eigenvalue weighted by Gasteiger charge is -2.10. The summed E-state index contributed by atoms with van der Waals surface area (Å²) < 4.78 is 4.99. The van der Waals surface area contributed by atoms with Crippen molar-refractivity contribution in [2.75, 3.05) is 0 Å². The fraction of sp³-hybridized carbons (Fsp3) is 0. The summed E-state index contributed by atoms with van der Waals surface area (Å²) in [4.78, 5) is 8.90. The number of hydrogen-bond acceptors (Lipinski definition) is 3. The molecule has 7 rings (SSSR count). The summed E-state index contributed by atoms with van der Waals surface area (Å²) in [6.45, 7) is 0. The Morgan fingerprint density at radius 1 is 0.625 bits per heavy atom. The van der Waals surface area contributed by atoms with Gasteiger partial charge in [0.2, 0.25) is 0 Å². The number of rotatable bonds is 2. The van der Waals surface area contributed by atoms with Gasteiger partial charge in [-0.25, -0.2) is 0 Å². The Balaban J connectivity index is 1.59. The molecule has 0 aliphatic heterocycles. The van der Waals surface area contributed by atoms with Crippen LogP contribution in [-0.4, -0.2) is 14.5 Å². The van der Waals surface area contributed by atoms with Gasteiger partial charge in [0.25, 0.3) is 0 Å². The summed E-state index contributed by atoms with van der Waals surface area (Å²) in [5.41, 5.74) is 6.88. The lowest BCUT2D eigenvalue weighted by Crippen LogP contribution is -1.94. The van der Waals surface area contributed by atoms with Crippen LogP contribution in [0.1, 0.15) is 0 Å². The Kier molecular flexibility index (Phi) is 3.72. The average molecular weight is 428 g/mol. The van der Waals surface area contributed by atoms with E-state index in [0.29, 0.717) is 0 Å². The van der Waals surface area contributed by atoms with Crippen molar-refractivity contribution in [2.24, 2.45) is 0 Å². The van der Waals surface area contributed by atoms with Crippen LogP contribution in [0.15, 0.2) is 104 Å². The van der Waals surface area contributed by atoms with E-state index in [9.17, 15) is 0 Å². The zero-order valence-electron chi connectivity index (χ0n) is 17.1. The first-order valence-electron chi connectivity index (χ1n) is 10.6. The highest BCUT2D eigenvalue weighted by atomic mass is 32.1. The van der Waals surface area contributed by atoms with Gasteiger partial charge in [-0.3, -0.25) is 9.97 Å². The van der Waals surface area contributed by atoms with Crippen LogP contribution in [0.3, 0.4) is 0 Å². The molecule has 0 fully saturated rings. The van der Waals surface area contributed by atoms with E-state index in [1.807, 2.05) is 48.1 Å². The molecular weight excluding hydrogens is 410 g/mol. The van der Waals surface area contributed by atoms with Gasteiger partial charge in [-0.1, -0.05) is 30.3 Å². The molecule has 0 spiro atoms. The summed E-state index contributed by atoms with van der Waals surface area (Å²) >= 11 is 1.85. The molecule has 0 radical (unpaired) electrons. The Hall–Kier alpha value is -4.02. The maximum Gasteiger partial charge on any atom is 0.0963 e. The maximum atomic E-state index is 4.77. The van der Waals surface area contributed by atoms with Gasteiger partial charge in [0.05, 0.1) is 16.6 Å². The molecule has 4 heterocycles. The summed E-state index contributed by atoms with van der Waals surface area (Å²) in [6.07, 6.45) is 5.55. The number of hydrogen-bond donors (Lipinski definition) is 0. The minimum Gasteiger partial charge on any atom is -0.307 e. The molecule has 7 aromatic rings. The van der Waals surface area contributed by atoms with Crippen molar-refractivity contribution in [1.29, 1.82) is 0 Å². The predicted octanol–water partition coefficient (Wildman–Crippen LogP) is 7.61. The first kappa shape index (κ1) is 17.6. The summed E-state index contributed by atoms with van der Waals surface area (Å²) in [7, 11) is 0. The lowest BCUT2D eigenvalue weighted by molar-refractivity contribution is 1.18. The Morgan fingerprint density at radius 3 is 2.31 bits per heavy atom. The SMILES string of the molecule is c1ccc2c(c1)sc1ccc3c4ncccc4n(-c4ccc(-c5ccncc5)cc4)c3c12. The van der Waals surface area contributed by atoms with Gasteiger partial charge in [0.1, 0.15) is 0 Å². The van der Waals surface area contributed by atoms with Crippen molar-refractivity contribution < 1.29 is 0 Å². The highest BCUT2D eigenvalue weighted by Crippen LogP contribution is 2.42. The van der Waals surface area contributed by atoms with E-state index >= 15 is 0 Å². The van der Waals surface area contributed by atoms with Crippen LogP contribution in [-0.2, 0) is 0 Å². The van der Waals surface area contributed by atoms with Crippen molar-refractivity contribution in [3.8, 4) is 16.8 Å². The Morgan fingerprint density at radius 2 is 1.44 bits per heavy atom. The molecule has 150 valence electrons. The van der Waals surface area contributed by atoms with Crippen LogP contribution >= 0.6 is 11.3 Å². The molecule has 4 aromatic heterocycles. The first-order chi connectivity index (χ1) is 15.9. The van der Waals surface area contributed by atoms with Gasteiger partial charge in [0, 0.05) is 49.8 Å². The molecule has 0 unspecified atom stereocenters. The standard InChI is InChI=1S/C28H17N3S/c1-2-6-24-21(4-1)26-25(32-24)12-11-22-27-23(5-3-15-30-27)31(28(22)26)20-9-7-18(8-10-20)19-13-16-29-17-14-19/h1-17H. The fourth-order valence-electron chi connectivity index (χ4n) is 4.74. The highest BCUT2D eigenvalue weighted by molar-refractivity contribution is 7.26. The van der Waals surface area contributed by atoms with Crippen LogP contribution in [0, 0.1) is 0 Å².